The Balaban J connectivity index is -0.000000196. The first-order valence-electron chi connectivity index (χ1n) is 3.57. The standard InChI is InChI=1S/C5H11NO2.C2H6.H2/c1-4(2)6-5(8)3-7;1-2;/h4,7H,3H2,1-2H3,(H,6,8);1-2H3;1H. The summed E-state index contributed by atoms with van der Waals surface area (Å²) < 4.78 is 0. The molecule has 0 aliphatic rings. The normalized spacial score (nSPS) is 8.20. The maximum atomic E-state index is 10.3. The van der Waals surface area contributed by atoms with Crippen molar-refractivity contribution in [1.29, 1.82) is 0 Å². The van der Waals surface area contributed by atoms with Crippen molar-refractivity contribution in [3.63, 3.8) is 0 Å². The summed E-state index contributed by atoms with van der Waals surface area (Å²) >= 11 is 0. The lowest BCUT2D eigenvalue weighted by Crippen LogP contribution is -2.32. The number of rotatable bonds is 2. The van der Waals surface area contributed by atoms with Crippen LogP contribution in [0.4, 0.5) is 0 Å². The van der Waals surface area contributed by atoms with Gasteiger partial charge < -0.3 is 10.4 Å². The van der Waals surface area contributed by atoms with Crippen LogP contribution in [-0.2, 0) is 4.79 Å². The molecule has 1 amide bonds. The smallest absolute Gasteiger partial charge is 0.245 e. The van der Waals surface area contributed by atoms with Gasteiger partial charge in [0.25, 0.3) is 0 Å². The molecule has 10 heavy (non-hydrogen) atoms. The van der Waals surface area contributed by atoms with Crippen LogP contribution in [0.5, 0.6) is 0 Å². The molecule has 3 nitrogen and oxygen atoms in total. The van der Waals surface area contributed by atoms with Crippen LogP contribution in [0, 0.1) is 0 Å². The Morgan fingerprint density at radius 3 is 2.10 bits per heavy atom. The third kappa shape index (κ3) is 10.4. The highest BCUT2D eigenvalue weighted by Crippen LogP contribution is 1.73. The zero-order valence-electron chi connectivity index (χ0n) is 7.14. The highest BCUT2D eigenvalue weighted by molar-refractivity contribution is 5.77. The minimum atomic E-state index is -0.418. The van der Waals surface area contributed by atoms with Gasteiger partial charge in [0.05, 0.1) is 0 Å². The summed E-state index contributed by atoms with van der Waals surface area (Å²) in [4.78, 5) is 10.3. The van der Waals surface area contributed by atoms with E-state index in [4.69, 9.17) is 5.11 Å². The van der Waals surface area contributed by atoms with E-state index in [2.05, 4.69) is 5.32 Å². The predicted molar refractivity (Wildman–Crippen MR) is 43.8 cm³/mol. The number of aliphatic hydroxyl groups is 1. The van der Waals surface area contributed by atoms with Gasteiger partial charge in [-0.05, 0) is 13.8 Å². The average molecular weight is 149 g/mol. The van der Waals surface area contributed by atoms with Crippen molar-refractivity contribution in [3.05, 3.63) is 0 Å². The largest absolute Gasteiger partial charge is 0.387 e. The lowest BCUT2D eigenvalue weighted by Gasteiger charge is -2.04. The fourth-order valence-corrected chi connectivity index (χ4v) is 0.368. The second kappa shape index (κ2) is 8.43. The Kier molecular flexibility index (Phi) is 10.2. The number of amides is 1. The molecule has 0 fully saturated rings. The first kappa shape index (κ1) is 12.1. The number of carbonyl (C=O) groups is 1. The summed E-state index contributed by atoms with van der Waals surface area (Å²) in [5.74, 6) is -0.319. The molecule has 0 aromatic rings. The summed E-state index contributed by atoms with van der Waals surface area (Å²) in [5, 5.41) is 10.7. The van der Waals surface area contributed by atoms with Crippen LogP contribution in [0.1, 0.15) is 29.1 Å². The predicted octanol–water partition coefficient (Wildman–Crippen LogP) is 0.775. The summed E-state index contributed by atoms with van der Waals surface area (Å²) in [6.45, 7) is 7.26. The maximum Gasteiger partial charge on any atom is 0.245 e. The van der Waals surface area contributed by atoms with Gasteiger partial charge in [0.2, 0.25) is 5.91 Å². The van der Waals surface area contributed by atoms with Gasteiger partial charge >= 0.3 is 0 Å². The molecule has 0 spiro atoms. The summed E-state index contributed by atoms with van der Waals surface area (Å²) in [7, 11) is 0. The molecule has 0 saturated carbocycles. The molecule has 0 aliphatic heterocycles. The van der Waals surface area contributed by atoms with Crippen molar-refractivity contribution in [2.75, 3.05) is 6.61 Å². The number of nitrogens with one attached hydrogen (secondary N) is 1. The quantitative estimate of drug-likeness (QED) is 0.609. The van der Waals surface area contributed by atoms with Gasteiger partial charge in [0.1, 0.15) is 6.61 Å². The number of aliphatic hydroxyl groups excluding tert-OH is 1. The molecule has 0 saturated heterocycles. The summed E-state index contributed by atoms with van der Waals surface area (Å²) in [6, 6.07) is 0.120. The van der Waals surface area contributed by atoms with Gasteiger partial charge in [-0.3, -0.25) is 4.79 Å². The topological polar surface area (TPSA) is 49.3 Å². The van der Waals surface area contributed by atoms with Crippen LogP contribution < -0.4 is 5.32 Å². The minimum absolute atomic E-state index is 0. The molecule has 0 aliphatic carbocycles. The molecule has 3 heteroatoms. The van der Waals surface area contributed by atoms with E-state index in [-0.39, 0.29) is 13.4 Å². The van der Waals surface area contributed by atoms with Crippen LogP contribution in [-0.4, -0.2) is 23.7 Å². The molecule has 64 valence electrons. The van der Waals surface area contributed by atoms with Crippen LogP contribution in [0.15, 0.2) is 0 Å². The first-order chi connectivity index (χ1) is 4.66. The van der Waals surface area contributed by atoms with Crippen LogP contribution >= 0.6 is 0 Å². The van der Waals surface area contributed by atoms with Crippen LogP contribution in [0.25, 0.3) is 0 Å². The molecule has 0 atom stereocenters. The molecule has 0 heterocycles. The molecular weight excluding hydrogens is 130 g/mol. The summed E-state index contributed by atoms with van der Waals surface area (Å²) in [5.41, 5.74) is 0. The van der Waals surface area contributed by atoms with Crippen molar-refractivity contribution in [2.45, 2.75) is 33.7 Å². The van der Waals surface area contributed by atoms with Crippen molar-refractivity contribution < 1.29 is 11.3 Å². The Bertz CT molecular complexity index is 86.5. The van der Waals surface area contributed by atoms with E-state index in [9.17, 15) is 4.79 Å². The van der Waals surface area contributed by atoms with Gasteiger partial charge in [-0.1, -0.05) is 13.8 Å². The van der Waals surface area contributed by atoms with E-state index >= 15 is 0 Å². The van der Waals surface area contributed by atoms with Gasteiger partial charge in [0, 0.05) is 7.47 Å². The second-order valence-electron chi connectivity index (χ2n) is 1.88. The summed E-state index contributed by atoms with van der Waals surface area (Å²) in [6.07, 6.45) is 0. The Morgan fingerprint density at radius 2 is 2.00 bits per heavy atom. The van der Waals surface area contributed by atoms with Crippen molar-refractivity contribution in [3.8, 4) is 0 Å². The molecule has 0 unspecified atom stereocenters. The molecule has 0 bridgehead atoms. The average Bonchev–Trinajstić information content (AvgIpc) is 1.91. The van der Waals surface area contributed by atoms with E-state index in [0.29, 0.717) is 0 Å². The molecule has 0 aromatic carbocycles. The van der Waals surface area contributed by atoms with Crippen molar-refractivity contribution in [1.82, 2.24) is 5.32 Å². The second-order valence-corrected chi connectivity index (χ2v) is 1.88. The third-order valence-electron chi connectivity index (χ3n) is 0.593. The van der Waals surface area contributed by atoms with Gasteiger partial charge in [0.15, 0.2) is 0 Å². The van der Waals surface area contributed by atoms with Crippen LogP contribution in [0.3, 0.4) is 0 Å². The molecule has 2 N–H and O–H groups in total. The van der Waals surface area contributed by atoms with Crippen molar-refractivity contribution >= 4 is 5.91 Å². The first-order valence-corrected chi connectivity index (χ1v) is 3.57. The highest BCUT2D eigenvalue weighted by atomic mass is 16.3. The lowest BCUT2D eigenvalue weighted by atomic mass is 10.4. The monoisotopic (exact) mass is 149 g/mol. The highest BCUT2D eigenvalue weighted by Gasteiger charge is 1.97. The van der Waals surface area contributed by atoms with Gasteiger partial charge in [-0.15, -0.1) is 0 Å². The fraction of sp³-hybridized carbons (Fsp3) is 0.857. The van der Waals surface area contributed by atoms with Crippen LogP contribution in [0.2, 0.25) is 0 Å². The van der Waals surface area contributed by atoms with E-state index in [1.54, 1.807) is 0 Å². The molecule has 0 radical (unpaired) electrons. The SMILES string of the molecule is CC.CC(C)NC(=O)CO.[HH]. The zero-order chi connectivity index (χ0) is 8.57. The Hall–Kier alpha value is -0.570. The molecular formula is C7H19NO2. The van der Waals surface area contributed by atoms with Gasteiger partial charge in [-0.2, -0.15) is 0 Å². The number of hydrogen-bond donors (Lipinski definition) is 2. The number of carbonyl (C=O) groups excluding carboxylic acids is 1. The Morgan fingerprint density at radius 1 is 1.60 bits per heavy atom. The van der Waals surface area contributed by atoms with E-state index in [1.165, 1.54) is 0 Å². The minimum Gasteiger partial charge on any atom is -0.387 e. The number of hydrogen-bond acceptors (Lipinski definition) is 2. The maximum absolute atomic E-state index is 10.3. The van der Waals surface area contributed by atoms with Gasteiger partial charge in [-0.25, -0.2) is 0 Å². The Labute approximate surface area is 63.9 Å². The zero-order valence-corrected chi connectivity index (χ0v) is 7.14. The molecule has 0 aromatic heterocycles. The third-order valence-corrected chi connectivity index (χ3v) is 0.593. The van der Waals surface area contributed by atoms with E-state index in [1.807, 2.05) is 27.7 Å². The van der Waals surface area contributed by atoms with E-state index < -0.39 is 6.61 Å². The van der Waals surface area contributed by atoms with Crippen molar-refractivity contribution in [2.24, 2.45) is 0 Å². The fourth-order valence-electron chi connectivity index (χ4n) is 0.368. The molecule has 0 rings (SSSR count). The lowest BCUT2D eigenvalue weighted by molar-refractivity contribution is -0.124. The van der Waals surface area contributed by atoms with E-state index in [0.717, 1.165) is 0 Å².